The Bertz CT molecular complexity index is 475. The molecule has 0 aromatic carbocycles. The zero-order valence-corrected chi connectivity index (χ0v) is 11.3. The van der Waals surface area contributed by atoms with Crippen molar-refractivity contribution in [3.63, 3.8) is 0 Å². The predicted molar refractivity (Wildman–Crippen MR) is 71.7 cm³/mol. The lowest BCUT2D eigenvalue weighted by molar-refractivity contribution is -0.141. The normalized spacial score (nSPS) is 22.3. The van der Waals surface area contributed by atoms with E-state index in [4.69, 9.17) is 10.8 Å². The summed E-state index contributed by atoms with van der Waals surface area (Å²) >= 11 is 1.38. The molecule has 4 N–H and O–H groups in total. The lowest BCUT2D eigenvalue weighted by atomic mass is 10.0. The third-order valence-electron chi connectivity index (χ3n) is 3.40. The molecule has 0 saturated heterocycles. The van der Waals surface area contributed by atoms with Crippen molar-refractivity contribution in [2.45, 2.75) is 25.7 Å². The van der Waals surface area contributed by atoms with E-state index < -0.39 is 5.97 Å². The van der Waals surface area contributed by atoms with E-state index >= 15 is 0 Å². The molecule has 2 atom stereocenters. The molecule has 0 radical (unpaired) electrons. The van der Waals surface area contributed by atoms with Crippen LogP contribution < -0.4 is 11.1 Å². The van der Waals surface area contributed by atoms with Gasteiger partial charge in [-0.1, -0.05) is 0 Å². The molecule has 6 nitrogen and oxygen atoms in total. The Balaban J connectivity index is 1.72. The van der Waals surface area contributed by atoms with E-state index in [0.717, 1.165) is 5.69 Å². The highest BCUT2D eigenvalue weighted by molar-refractivity contribution is 7.13. The summed E-state index contributed by atoms with van der Waals surface area (Å²) in [6, 6.07) is 0. The van der Waals surface area contributed by atoms with Crippen molar-refractivity contribution in [3.8, 4) is 0 Å². The van der Waals surface area contributed by atoms with Gasteiger partial charge in [-0.15, -0.1) is 11.3 Å². The first-order chi connectivity index (χ1) is 9.06. The molecule has 0 aliphatic heterocycles. The van der Waals surface area contributed by atoms with E-state index in [1.54, 1.807) is 0 Å². The van der Waals surface area contributed by atoms with Gasteiger partial charge in [0.05, 0.1) is 11.6 Å². The van der Waals surface area contributed by atoms with Crippen LogP contribution in [0.2, 0.25) is 0 Å². The van der Waals surface area contributed by atoms with Gasteiger partial charge in [-0.2, -0.15) is 0 Å². The number of carbonyl (C=O) groups excluding carboxylic acids is 1. The van der Waals surface area contributed by atoms with Crippen LogP contribution in [0.4, 0.5) is 5.13 Å². The summed E-state index contributed by atoms with van der Waals surface area (Å²) in [6.45, 7) is 0.510. The Kier molecular flexibility index (Phi) is 4.36. The van der Waals surface area contributed by atoms with Crippen molar-refractivity contribution in [1.82, 2.24) is 10.3 Å². The largest absolute Gasteiger partial charge is 0.481 e. The lowest BCUT2D eigenvalue weighted by Crippen LogP contribution is -2.31. The van der Waals surface area contributed by atoms with Crippen LogP contribution in [0.3, 0.4) is 0 Å². The molecule has 1 aromatic rings. The van der Waals surface area contributed by atoms with Gasteiger partial charge in [0.15, 0.2) is 5.13 Å². The van der Waals surface area contributed by atoms with Crippen molar-refractivity contribution in [1.29, 1.82) is 0 Å². The fourth-order valence-electron chi connectivity index (χ4n) is 2.34. The van der Waals surface area contributed by atoms with Crippen LogP contribution in [-0.2, 0) is 16.0 Å². The number of hydrogen-bond donors (Lipinski definition) is 3. The van der Waals surface area contributed by atoms with Crippen LogP contribution in [0.5, 0.6) is 0 Å². The smallest absolute Gasteiger partial charge is 0.306 e. The van der Waals surface area contributed by atoms with Crippen molar-refractivity contribution >= 4 is 28.3 Å². The first-order valence-electron chi connectivity index (χ1n) is 6.26. The first-order valence-corrected chi connectivity index (χ1v) is 7.14. The van der Waals surface area contributed by atoms with Gasteiger partial charge in [0, 0.05) is 24.3 Å². The number of carboxylic acids is 1. The maximum absolute atomic E-state index is 11.9. The molecule has 1 amide bonds. The number of carbonyl (C=O) groups is 2. The monoisotopic (exact) mass is 283 g/mol. The predicted octanol–water partition coefficient (Wildman–Crippen LogP) is 0.885. The average Bonchev–Trinajstić information content (AvgIpc) is 2.98. The molecule has 1 aliphatic rings. The molecule has 1 saturated carbocycles. The number of nitrogens with two attached hydrogens (primary N) is 1. The summed E-state index contributed by atoms with van der Waals surface area (Å²) < 4.78 is 0. The average molecular weight is 283 g/mol. The number of thiazole rings is 1. The summed E-state index contributed by atoms with van der Waals surface area (Å²) in [7, 11) is 0. The molecule has 2 rings (SSSR count). The number of anilines is 1. The fraction of sp³-hybridized carbons (Fsp3) is 0.583. The Morgan fingerprint density at radius 3 is 2.79 bits per heavy atom. The van der Waals surface area contributed by atoms with Crippen LogP contribution >= 0.6 is 11.3 Å². The molecule has 0 unspecified atom stereocenters. The zero-order valence-electron chi connectivity index (χ0n) is 10.5. The second kappa shape index (κ2) is 6.01. The van der Waals surface area contributed by atoms with E-state index in [9.17, 15) is 9.59 Å². The Morgan fingerprint density at radius 1 is 1.47 bits per heavy atom. The van der Waals surface area contributed by atoms with Crippen LogP contribution in [0.1, 0.15) is 25.0 Å². The molecule has 0 spiro atoms. The maximum atomic E-state index is 11.9. The zero-order chi connectivity index (χ0) is 13.8. The van der Waals surface area contributed by atoms with Gasteiger partial charge < -0.3 is 16.2 Å². The first kappa shape index (κ1) is 13.8. The van der Waals surface area contributed by atoms with Gasteiger partial charge in [-0.3, -0.25) is 9.59 Å². The molecule has 1 heterocycles. The van der Waals surface area contributed by atoms with Crippen LogP contribution in [-0.4, -0.2) is 28.5 Å². The summed E-state index contributed by atoms with van der Waals surface area (Å²) in [5.41, 5.74) is 6.39. The second-order valence-electron chi connectivity index (χ2n) is 4.76. The van der Waals surface area contributed by atoms with E-state index in [1.807, 2.05) is 5.38 Å². The highest BCUT2D eigenvalue weighted by Gasteiger charge is 2.33. The summed E-state index contributed by atoms with van der Waals surface area (Å²) in [5, 5.41) is 14.1. The number of hydrogen-bond acceptors (Lipinski definition) is 5. The molecule has 1 aromatic heterocycles. The number of nitrogens with zero attached hydrogens (tertiary/aromatic N) is 1. The SMILES string of the molecule is Nc1nc(CCNC(=O)[C@H]2CC[C@@H](C(=O)O)C2)cs1. The van der Waals surface area contributed by atoms with Crippen LogP contribution in [0.25, 0.3) is 0 Å². The van der Waals surface area contributed by atoms with E-state index in [-0.39, 0.29) is 17.7 Å². The third-order valence-corrected chi connectivity index (χ3v) is 4.13. The van der Waals surface area contributed by atoms with Crippen molar-refractivity contribution < 1.29 is 14.7 Å². The van der Waals surface area contributed by atoms with E-state index in [2.05, 4.69) is 10.3 Å². The summed E-state index contributed by atoms with van der Waals surface area (Å²) in [4.78, 5) is 26.8. The van der Waals surface area contributed by atoms with Gasteiger partial charge in [0.1, 0.15) is 0 Å². The number of nitrogen functional groups attached to an aromatic ring is 1. The standard InChI is InChI=1S/C12H17N3O3S/c13-12-15-9(6-19-12)3-4-14-10(16)7-1-2-8(5-7)11(17)18/h6-8H,1-5H2,(H2,13,15)(H,14,16)(H,17,18)/t7-,8+/m0/s1. The van der Waals surface area contributed by atoms with Crippen molar-refractivity contribution in [3.05, 3.63) is 11.1 Å². The van der Waals surface area contributed by atoms with Gasteiger partial charge >= 0.3 is 5.97 Å². The minimum Gasteiger partial charge on any atom is -0.481 e. The highest BCUT2D eigenvalue weighted by Crippen LogP contribution is 2.31. The molecule has 7 heteroatoms. The summed E-state index contributed by atoms with van der Waals surface area (Å²) in [6.07, 6.45) is 2.35. The van der Waals surface area contributed by atoms with Gasteiger partial charge in [0.25, 0.3) is 0 Å². The summed E-state index contributed by atoms with van der Waals surface area (Å²) in [5.74, 6) is -1.38. The molecular weight excluding hydrogens is 266 g/mol. The molecule has 0 bridgehead atoms. The Labute approximate surface area is 115 Å². The second-order valence-corrected chi connectivity index (χ2v) is 5.65. The van der Waals surface area contributed by atoms with Crippen LogP contribution in [0.15, 0.2) is 5.38 Å². The lowest BCUT2D eigenvalue weighted by Gasteiger charge is -2.10. The van der Waals surface area contributed by atoms with Crippen LogP contribution in [0, 0.1) is 11.8 Å². The quantitative estimate of drug-likeness (QED) is 0.744. The van der Waals surface area contributed by atoms with Gasteiger partial charge in [0.2, 0.25) is 5.91 Å². The number of nitrogens with one attached hydrogen (secondary N) is 1. The minimum absolute atomic E-state index is 0.0491. The molecule has 1 aliphatic carbocycles. The fourth-order valence-corrected chi connectivity index (χ4v) is 2.94. The number of rotatable bonds is 5. The number of aliphatic carboxylic acids is 1. The number of carboxylic acid groups (broad SMARTS) is 1. The van der Waals surface area contributed by atoms with Crippen molar-refractivity contribution in [2.24, 2.45) is 11.8 Å². The topological polar surface area (TPSA) is 105 Å². The molecular formula is C12H17N3O3S. The molecule has 1 fully saturated rings. The van der Waals surface area contributed by atoms with E-state index in [0.29, 0.717) is 37.4 Å². The molecule has 19 heavy (non-hydrogen) atoms. The number of amides is 1. The maximum Gasteiger partial charge on any atom is 0.306 e. The van der Waals surface area contributed by atoms with E-state index in [1.165, 1.54) is 11.3 Å². The number of aromatic nitrogens is 1. The molecule has 104 valence electrons. The van der Waals surface area contributed by atoms with Crippen molar-refractivity contribution in [2.75, 3.05) is 12.3 Å². The third kappa shape index (κ3) is 3.66. The van der Waals surface area contributed by atoms with Gasteiger partial charge in [-0.05, 0) is 19.3 Å². The Hall–Kier alpha value is -1.63. The Morgan fingerprint density at radius 2 is 2.21 bits per heavy atom. The highest BCUT2D eigenvalue weighted by atomic mass is 32.1. The minimum atomic E-state index is -0.798. The van der Waals surface area contributed by atoms with Gasteiger partial charge in [-0.25, -0.2) is 4.98 Å².